The van der Waals surface area contributed by atoms with Crippen LogP contribution in [0.15, 0.2) is 66.9 Å². The molecule has 0 atom stereocenters. The number of benzene rings is 1. The fraction of sp³-hybridized carbons (Fsp3) is 0. The minimum atomic E-state index is -0.915. The summed E-state index contributed by atoms with van der Waals surface area (Å²) < 4.78 is 0. The summed E-state index contributed by atoms with van der Waals surface area (Å²) in [7, 11) is 0. The van der Waals surface area contributed by atoms with E-state index in [9.17, 15) is 4.79 Å². The molecule has 5 heteroatoms. The van der Waals surface area contributed by atoms with Crippen LogP contribution in [0.25, 0.3) is 16.6 Å². The molecule has 3 aromatic rings. The van der Waals surface area contributed by atoms with E-state index in [1.165, 1.54) is 11.3 Å². The summed E-state index contributed by atoms with van der Waals surface area (Å²) in [6, 6.07) is 19.0. The predicted octanol–water partition coefficient (Wildman–Crippen LogP) is 4.59. The molecule has 2 heterocycles. The lowest BCUT2D eigenvalue weighted by Gasteiger charge is -2.02. The Kier molecular flexibility index (Phi) is 4.49. The van der Waals surface area contributed by atoms with Crippen LogP contribution in [0.5, 0.6) is 0 Å². The number of carboxylic acids is 1. The van der Waals surface area contributed by atoms with E-state index in [-0.39, 0.29) is 0 Å². The second kappa shape index (κ2) is 6.89. The van der Waals surface area contributed by atoms with Gasteiger partial charge in [0.1, 0.15) is 10.7 Å². The molecule has 1 aromatic carbocycles. The number of pyridine rings is 1. The van der Waals surface area contributed by atoms with Gasteiger partial charge in [-0.25, -0.2) is 9.78 Å². The van der Waals surface area contributed by atoms with E-state index < -0.39 is 5.97 Å². The first-order valence-corrected chi connectivity index (χ1v) is 7.83. The smallest absolute Gasteiger partial charge is 0.345 e. The zero-order valence-corrected chi connectivity index (χ0v) is 13.0. The molecule has 3 rings (SSSR count). The van der Waals surface area contributed by atoms with Crippen LogP contribution in [0, 0.1) is 0 Å². The highest BCUT2D eigenvalue weighted by molar-refractivity contribution is 7.17. The van der Waals surface area contributed by atoms with E-state index in [1.54, 1.807) is 12.1 Å². The van der Waals surface area contributed by atoms with Crippen molar-refractivity contribution in [3.8, 4) is 10.6 Å². The number of rotatable bonds is 5. The number of aromatic carboxylic acids is 1. The highest BCUT2D eigenvalue weighted by atomic mass is 32.1. The van der Waals surface area contributed by atoms with Crippen molar-refractivity contribution in [3.63, 3.8) is 0 Å². The van der Waals surface area contributed by atoms with Crippen molar-refractivity contribution < 1.29 is 9.90 Å². The van der Waals surface area contributed by atoms with Gasteiger partial charge in [-0.2, -0.15) is 0 Å². The third kappa shape index (κ3) is 3.84. The van der Waals surface area contributed by atoms with Gasteiger partial charge in [0.15, 0.2) is 0 Å². The molecule has 0 amide bonds. The quantitative estimate of drug-likeness (QED) is 0.721. The van der Waals surface area contributed by atoms with Gasteiger partial charge in [0, 0.05) is 6.20 Å². The van der Waals surface area contributed by atoms with Crippen molar-refractivity contribution in [2.24, 2.45) is 0 Å². The van der Waals surface area contributed by atoms with Gasteiger partial charge in [-0.05, 0) is 35.9 Å². The molecular formula is C18H14N2O2S. The summed E-state index contributed by atoms with van der Waals surface area (Å²) in [4.78, 5) is 16.6. The van der Waals surface area contributed by atoms with Gasteiger partial charge in [-0.15, -0.1) is 11.3 Å². The Bertz CT molecular complexity index is 841. The summed E-state index contributed by atoms with van der Waals surface area (Å²) in [6.45, 7) is 0. The maximum atomic E-state index is 11.0. The summed E-state index contributed by atoms with van der Waals surface area (Å²) in [5.41, 5.74) is 1.85. The van der Waals surface area contributed by atoms with Crippen molar-refractivity contribution in [2.45, 2.75) is 0 Å². The second-order valence-electron chi connectivity index (χ2n) is 4.77. The summed E-state index contributed by atoms with van der Waals surface area (Å²) >= 11 is 1.22. The molecule has 0 aliphatic heterocycles. The number of nitrogens with zero attached hydrogens (tertiary/aromatic N) is 1. The Morgan fingerprint density at radius 3 is 2.61 bits per heavy atom. The molecule has 114 valence electrons. The summed E-state index contributed by atoms with van der Waals surface area (Å²) in [6.07, 6.45) is 3.79. The zero-order chi connectivity index (χ0) is 16.1. The molecular weight excluding hydrogens is 308 g/mol. The molecule has 23 heavy (non-hydrogen) atoms. The Balaban J connectivity index is 1.74. The van der Waals surface area contributed by atoms with Gasteiger partial charge >= 0.3 is 5.97 Å². The predicted molar refractivity (Wildman–Crippen MR) is 93.6 cm³/mol. The second-order valence-corrected chi connectivity index (χ2v) is 5.85. The first-order chi connectivity index (χ1) is 11.2. The van der Waals surface area contributed by atoms with Crippen LogP contribution in [-0.2, 0) is 0 Å². The molecule has 2 aromatic heterocycles. The van der Waals surface area contributed by atoms with Gasteiger partial charge in [0.05, 0.1) is 10.6 Å². The van der Waals surface area contributed by atoms with E-state index in [0.717, 1.165) is 16.1 Å². The SMILES string of the molecule is O=C(O)c1ccc(-c2cccc(NC=Cc3ccccc3)n2)s1. The van der Waals surface area contributed by atoms with Crippen LogP contribution in [-0.4, -0.2) is 16.1 Å². The minimum absolute atomic E-state index is 0.309. The molecule has 0 unspecified atom stereocenters. The molecule has 0 aliphatic rings. The summed E-state index contributed by atoms with van der Waals surface area (Å²) in [5, 5.41) is 12.1. The standard InChI is InChI=1S/C18H14N2O2S/c21-18(22)16-10-9-15(23-16)14-7-4-8-17(20-14)19-12-11-13-5-2-1-3-6-13/h1-12H,(H,19,20)(H,21,22). The van der Waals surface area contributed by atoms with Crippen molar-refractivity contribution in [1.82, 2.24) is 4.98 Å². The van der Waals surface area contributed by atoms with E-state index in [4.69, 9.17) is 5.11 Å². The van der Waals surface area contributed by atoms with Crippen molar-refractivity contribution >= 4 is 29.2 Å². The highest BCUT2D eigenvalue weighted by Gasteiger charge is 2.09. The molecule has 0 bridgehead atoms. The lowest BCUT2D eigenvalue weighted by Crippen LogP contribution is -1.92. The zero-order valence-electron chi connectivity index (χ0n) is 12.1. The molecule has 0 radical (unpaired) electrons. The molecule has 0 fully saturated rings. The van der Waals surface area contributed by atoms with Crippen molar-refractivity contribution in [1.29, 1.82) is 0 Å². The number of carboxylic acid groups (broad SMARTS) is 1. The minimum Gasteiger partial charge on any atom is -0.477 e. The maximum Gasteiger partial charge on any atom is 0.345 e. The fourth-order valence-electron chi connectivity index (χ4n) is 2.03. The topological polar surface area (TPSA) is 62.2 Å². The van der Waals surface area contributed by atoms with E-state index >= 15 is 0 Å². The van der Waals surface area contributed by atoms with Crippen LogP contribution in [0.4, 0.5) is 5.82 Å². The highest BCUT2D eigenvalue weighted by Crippen LogP contribution is 2.27. The monoisotopic (exact) mass is 322 g/mol. The van der Waals surface area contributed by atoms with E-state index in [2.05, 4.69) is 10.3 Å². The van der Waals surface area contributed by atoms with Gasteiger partial charge < -0.3 is 10.4 Å². The number of hydrogen-bond acceptors (Lipinski definition) is 4. The maximum absolute atomic E-state index is 11.0. The van der Waals surface area contributed by atoms with Crippen LogP contribution >= 0.6 is 11.3 Å². The molecule has 0 saturated heterocycles. The Hall–Kier alpha value is -2.92. The van der Waals surface area contributed by atoms with Crippen LogP contribution in [0.3, 0.4) is 0 Å². The average molecular weight is 322 g/mol. The largest absolute Gasteiger partial charge is 0.477 e. The lowest BCUT2D eigenvalue weighted by atomic mass is 10.2. The molecule has 0 saturated carbocycles. The Morgan fingerprint density at radius 2 is 1.87 bits per heavy atom. The number of nitrogens with one attached hydrogen (secondary N) is 1. The van der Waals surface area contributed by atoms with Gasteiger partial charge in [0.2, 0.25) is 0 Å². The van der Waals surface area contributed by atoms with Gasteiger partial charge in [0.25, 0.3) is 0 Å². The van der Waals surface area contributed by atoms with Gasteiger partial charge in [-0.3, -0.25) is 0 Å². The van der Waals surface area contributed by atoms with Gasteiger partial charge in [-0.1, -0.05) is 36.4 Å². The number of hydrogen-bond donors (Lipinski definition) is 2. The van der Waals surface area contributed by atoms with Crippen molar-refractivity contribution in [3.05, 3.63) is 77.3 Å². The molecule has 0 aliphatic carbocycles. The fourth-order valence-corrected chi connectivity index (χ4v) is 2.84. The molecule has 2 N–H and O–H groups in total. The average Bonchev–Trinajstić information content (AvgIpc) is 3.07. The third-order valence-corrected chi connectivity index (χ3v) is 4.22. The summed E-state index contributed by atoms with van der Waals surface area (Å²) in [5.74, 6) is -0.207. The number of carbonyl (C=O) groups is 1. The lowest BCUT2D eigenvalue weighted by molar-refractivity contribution is 0.0702. The molecule has 0 spiro atoms. The number of thiophene rings is 1. The van der Waals surface area contributed by atoms with Crippen LogP contribution in [0.1, 0.15) is 15.2 Å². The first-order valence-electron chi connectivity index (χ1n) is 7.01. The van der Waals surface area contributed by atoms with E-state index in [1.807, 2.05) is 60.8 Å². The first kappa shape index (κ1) is 15.0. The number of anilines is 1. The van der Waals surface area contributed by atoms with Crippen LogP contribution in [0.2, 0.25) is 0 Å². The number of aromatic nitrogens is 1. The van der Waals surface area contributed by atoms with Crippen molar-refractivity contribution in [2.75, 3.05) is 5.32 Å². The van der Waals surface area contributed by atoms with E-state index in [0.29, 0.717) is 10.7 Å². The Morgan fingerprint density at radius 1 is 1.04 bits per heavy atom. The Labute approximate surface area is 137 Å². The van der Waals surface area contributed by atoms with Crippen LogP contribution < -0.4 is 5.32 Å². The molecule has 4 nitrogen and oxygen atoms in total. The normalized spacial score (nSPS) is 10.8. The third-order valence-electron chi connectivity index (χ3n) is 3.12.